The van der Waals surface area contributed by atoms with Gasteiger partial charge in [-0.3, -0.25) is 0 Å². The van der Waals surface area contributed by atoms with Gasteiger partial charge in [0.1, 0.15) is 11.6 Å². The minimum Gasteiger partial charge on any atom is -0.418 e. The summed E-state index contributed by atoms with van der Waals surface area (Å²) in [5.74, 6) is 0.376. The van der Waals surface area contributed by atoms with E-state index in [0.29, 0.717) is 16.9 Å². The number of hydrogen-bond acceptors (Lipinski definition) is 5. The minimum absolute atomic E-state index is 0.376. The molecular weight excluding hydrogens is 148 g/mol. The van der Waals surface area contributed by atoms with Gasteiger partial charge in [-0.2, -0.15) is 0 Å². The molecule has 0 unspecified atom stereocenters. The molecule has 0 N–H and O–H groups in total. The van der Waals surface area contributed by atoms with E-state index in [1.807, 2.05) is 0 Å². The van der Waals surface area contributed by atoms with Crippen molar-refractivity contribution in [3.8, 4) is 0 Å². The molecular formula is C6H2N2O3. The van der Waals surface area contributed by atoms with E-state index in [2.05, 4.69) is 10.3 Å². The fourth-order valence-electron chi connectivity index (χ4n) is 1.04. The molecule has 0 spiro atoms. The van der Waals surface area contributed by atoms with Gasteiger partial charge in [0.2, 0.25) is 5.58 Å². The molecule has 0 amide bonds. The summed E-state index contributed by atoms with van der Waals surface area (Å²) in [4.78, 5) is 0. The Morgan fingerprint density at radius 2 is 2.00 bits per heavy atom. The second-order valence-corrected chi connectivity index (χ2v) is 2.15. The molecule has 3 heterocycles. The van der Waals surface area contributed by atoms with Crippen LogP contribution in [0.15, 0.2) is 25.9 Å². The van der Waals surface area contributed by atoms with Crippen molar-refractivity contribution in [1.82, 2.24) is 10.3 Å². The maximum atomic E-state index is 5.15. The lowest BCUT2D eigenvalue weighted by Crippen LogP contribution is -1.50. The Morgan fingerprint density at radius 3 is 3.00 bits per heavy atom. The van der Waals surface area contributed by atoms with Crippen molar-refractivity contribution in [2.45, 2.75) is 0 Å². The van der Waals surface area contributed by atoms with Crippen molar-refractivity contribution in [2.24, 2.45) is 0 Å². The molecule has 0 fully saturated rings. The monoisotopic (exact) mass is 150 g/mol. The molecule has 3 aromatic heterocycles. The molecule has 0 bridgehead atoms. The highest BCUT2D eigenvalue weighted by molar-refractivity contribution is 5.97. The Bertz CT molecular complexity index is 459. The van der Waals surface area contributed by atoms with Gasteiger partial charge in [0, 0.05) is 0 Å². The van der Waals surface area contributed by atoms with Gasteiger partial charge in [0.25, 0.3) is 0 Å². The first kappa shape index (κ1) is 4.95. The van der Waals surface area contributed by atoms with Crippen LogP contribution in [-0.4, -0.2) is 10.3 Å². The van der Waals surface area contributed by atoms with Crippen LogP contribution in [0.1, 0.15) is 0 Å². The predicted octanol–water partition coefficient (Wildman–Crippen LogP) is 1.56. The smallest absolute Gasteiger partial charge is 0.328 e. The van der Waals surface area contributed by atoms with Crippen molar-refractivity contribution in [2.75, 3.05) is 0 Å². The van der Waals surface area contributed by atoms with E-state index >= 15 is 0 Å². The van der Waals surface area contributed by atoms with Gasteiger partial charge in [-0.25, -0.2) is 0 Å². The third-order valence-electron chi connectivity index (χ3n) is 1.52. The molecule has 0 saturated heterocycles. The zero-order valence-corrected chi connectivity index (χ0v) is 5.27. The van der Waals surface area contributed by atoms with Crippen LogP contribution >= 0.6 is 0 Å². The summed E-state index contributed by atoms with van der Waals surface area (Å²) in [7, 11) is 0. The molecule has 5 nitrogen and oxygen atoms in total. The second-order valence-electron chi connectivity index (χ2n) is 2.15. The predicted molar refractivity (Wildman–Crippen MR) is 33.8 cm³/mol. The molecule has 0 aliphatic heterocycles. The topological polar surface area (TPSA) is 65.2 Å². The van der Waals surface area contributed by atoms with Crippen molar-refractivity contribution in [1.29, 1.82) is 0 Å². The van der Waals surface area contributed by atoms with Gasteiger partial charge in [-0.05, 0) is 0 Å². The Labute approximate surface area is 59.5 Å². The summed E-state index contributed by atoms with van der Waals surface area (Å²) < 4.78 is 14.8. The first-order valence-corrected chi connectivity index (χ1v) is 3.03. The van der Waals surface area contributed by atoms with Crippen LogP contribution in [0.4, 0.5) is 0 Å². The highest BCUT2D eigenvalue weighted by Crippen LogP contribution is 2.27. The average molecular weight is 150 g/mol. The van der Waals surface area contributed by atoms with Crippen LogP contribution in [0, 0.1) is 0 Å². The number of rotatable bonds is 0. The molecule has 0 radical (unpaired) electrons. The number of nitrogens with zero attached hydrogens (tertiary/aromatic N) is 2. The zero-order chi connectivity index (χ0) is 7.26. The van der Waals surface area contributed by atoms with E-state index in [1.54, 1.807) is 0 Å². The van der Waals surface area contributed by atoms with E-state index in [1.165, 1.54) is 12.4 Å². The van der Waals surface area contributed by atoms with Gasteiger partial charge in [0.15, 0.2) is 5.58 Å². The summed E-state index contributed by atoms with van der Waals surface area (Å²) in [6.45, 7) is 0. The summed E-state index contributed by atoms with van der Waals surface area (Å²) in [5.41, 5.74) is 1.17. The number of fused-ring (bicyclic) bond motifs is 3. The minimum atomic E-state index is 0.376. The number of furan rings is 1. The van der Waals surface area contributed by atoms with Crippen molar-refractivity contribution >= 4 is 22.3 Å². The molecule has 0 aromatic carbocycles. The molecule has 0 aliphatic rings. The van der Waals surface area contributed by atoms with Crippen LogP contribution in [0.25, 0.3) is 22.3 Å². The first-order valence-electron chi connectivity index (χ1n) is 3.03. The quantitative estimate of drug-likeness (QED) is 0.486. The van der Waals surface area contributed by atoms with Crippen LogP contribution in [0.2, 0.25) is 0 Å². The average Bonchev–Trinajstić information content (AvgIpc) is 2.52. The summed E-state index contributed by atoms with van der Waals surface area (Å²) >= 11 is 0. The zero-order valence-electron chi connectivity index (χ0n) is 5.27. The molecule has 0 saturated carbocycles. The lowest BCUT2D eigenvalue weighted by atomic mass is 10.4. The number of hydrogen-bond donors (Lipinski definition) is 0. The van der Waals surface area contributed by atoms with Crippen LogP contribution in [0.3, 0.4) is 0 Å². The Hall–Kier alpha value is -1.78. The second kappa shape index (κ2) is 1.45. The van der Waals surface area contributed by atoms with E-state index in [0.717, 1.165) is 5.39 Å². The Kier molecular flexibility index (Phi) is 0.650. The van der Waals surface area contributed by atoms with Gasteiger partial charge < -0.3 is 13.5 Å². The fourth-order valence-corrected chi connectivity index (χ4v) is 1.04. The lowest BCUT2D eigenvalue weighted by molar-refractivity contribution is 0.398. The molecule has 54 valence electrons. The molecule has 11 heavy (non-hydrogen) atoms. The van der Waals surface area contributed by atoms with Crippen molar-refractivity contribution in [3.05, 3.63) is 12.4 Å². The SMILES string of the molecule is c1noc2c1oc1oncc12. The van der Waals surface area contributed by atoms with Crippen molar-refractivity contribution in [3.63, 3.8) is 0 Å². The standard InChI is InChI=1S/C6H2N2O3/c1-3-5-4(2-8-10-5)9-6(3)11-7-1/h1-2H. The molecule has 0 aliphatic carbocycles. The van der Waals surface area contributed by atoms with E-state index in [9.17, 15) is 0 Å². The van der Waals surface area contributed by atoms with Gasteiger partial charge in [-0.1, -0.05) is 10.3 Å². The molecule has 5 heteroatoms. The van der Waals surface area contributed by atoms with Gasteiger partial charge in [-0.15, -0.1) is 0 Å². The summed E-state index contributed by atoms with van der Waals surface area (Å²) in [6, 6.07) is 0. The van der Waals surface area contributed by atoms with Crippen LogP contribution in [0.5, 0.6) is 0 Å². The van der Waals surface area contributed by atoms with E-state index < -0.39 is 0 Å². The van der Waals surface area contributed by atoms with E-state index in [4.69, 9.17) is 13.5 Å². The lowest BCUT2D eigenvalue weighted by Gasteiger charge is -1.67. The maximum Gasteiger partial charge on any atom is 0.328 e. The fraction of sp³-hybridized carbons (Fsp3) is 0. The Balaban J connectivity index is 2.75. The third kappa shape index (κ3) is 0.463. The largest absolute Gasteiger partial charge is 0.418 e. The van der Waals surface area contributed by atoms with Gasteiger partial charge in [0.05, 0.1) is 6.20 Å². The highest BCUT2D eigenvalue weighted by atomic mass is 16.6. The van der Waals surface area contributed by atoms with Gasteiger partial charge >= 0.3 is 5.78 Å². The highest BCUT2D eigenvalue weighted by Gasteiger charge is 2.13. The number of aromatic nitrogens is 2. The Morgan fingerprint density at radius 1 is 1.09 bits per heavy atom. The molecule has 3 rings (SSSR count). The molecule has 3 aromatic rings. The van der Waals surface area contributed by atoms with Crippen molar-refractivity contribution < 1.29 is 13.5 Å². The summed E-state index contributed by atoms with van der Waals surface area (Å²) in [6.07, 6.45) is 3.03. The van der Waals surface area contributed by atoms with E-state index in [-0.39, 0.29) is 0 Å². The first-order chi connectivity index (χ1) is 5.45. The van der Waals surface area contributed by atoms with Crippen LogP contribution < -0.4 is 0 Å². The van der Waals surface area contributed by atoms with Crippen LogP contribution in [-0.2, 0) is 0 Å². The maximum absolute atomic E-state index is 5.15. The molecule has 0 atom stereocenters. The third-order valence-corrected chi connectivity index (χ3v) is 1.52. The normalized spacial score (nSPS) is 11.6. The summed E-state index contributed by atoms with van der Waals surface area (Å²) in [5, 5.41) is 7.81.